The highest BCUT2D eigenvalue weighted by atomic mass is 127. The lowest BCUT2D eigenvalue weighted by molar-refractivity contribution is -0.174. The Morgan fingerprint density at radius 2 is 1.74 bits per heavy atom. The van der Waals surface area contributed by atoms with Gasteiger partial charge in [-0.25, -0.2) is 14.2 Å². The first-order valence-electron chi connectivity index (χ1n) is 14.7. The number of fused-ring (bicyclic) bond motifs is 5. The van der Waals surface area contributed by atoms with Gasteiger partial charge in [0.05, 0.1) is 17.9 Å². The number of aliphatic hydroxyl groups is 1. The second-order valence-electron chi connectivity index (χ2n) is 12.7. The normalized spacial score (nSPS) is 38.5. The van der Waals surface area contributed by atoms with Crippen LogP contribution in [0.2, 0.25) is 0 Å². The molecule has 1 aromatic carbocycles. The third-order valence-corrected chi connectivity index (χ3v) is 10.2. The number of ketones is 1. The summed E-state index contributed by atoms with van der Waals surface area (Å²) in [4.78, 5) is 48.8. The van der Waals surface area contributed by atoms with Gasteiger partial charge in [0.15, 0.2) is 9.89 Å². The average molecular weight is 715 g/mol. The van der Waals surface area contributed by atoms with E-state index in [2.05, 4.69) is 10.1 Å². The van der Waals surface area contributed by atoms with Crippen molar-refractivity contribution in [2.45, 2.75) is 102 Å². The minimum absolute atomic E-state index is 0.0668. The Bertz CT molecular complexity index is 1240. The maximum Gasteiger partial charge on any atom is 0.352 e. The Kier molecular flexibility index (Phi) is 11.7. The van der Waals surface area contributed by atoms with E-state index in [-0.39, 0.29) is 31.5 Å². The Balaban J connectivity index is 2.16. The Labute approximate surface area is 267 Å². The first-order chi connectivity index (χ1) is 20.0. The van der Waals surface area contributed by atoms with Crippen LogP contribution in [0, 0.1) is 23.7 Å². The molecule has 1 aromatic rings. The standard InChI is InChI=1S/C32H44FIN2O7/c1-19-15-30(5)16-20(2)27(38)31(6,33)29(39)43-28(34)32(7,40)25(21(3)26(19)35-22(4)37)14-13-24(18-41-30)36-42-17-23-11-9-8-10-12-23/h8-12,19-21,25,28,40H,13-18H2,1-7H3/b35-26?,36-24+/t19-,20-,21-,25-,28+,30-,31+,32+/m1/s1. The third-order valence-electron chi connectivity index (χ3n) is 8.65. The van der Waals surface area contributed by atoms with Crippen molar-refractivity contribution >= 4 is 51.7 Å². The van der Waals surface area contributed by atoms with E-state index in [0.29, 0.717) is 30.7 Å². The second kappa shape index (κ2) is 14.2. The summed E-state index contributed by atoms with van der Waals surface area (Å²) in [5, 5.41) is 16.4. The van der Waals surface area contributed by atoms with Gasteiger partial charge in [-0.1, -0.05) is 56.3 Å². The van der Waals surface area contributed by atoms with Crippen LogP contribution in [0.3, 0.4) is 0 Å². The summed E-state index contributed by atoms with van der Waals surface area (Å²) >= 11 is 1.77. The van der Waals surface area contributed by atoms with Crippen molar-refractivity contribution < 1.29 is 38.2 Å². The van der Waals surface area contributed by atoms with Crippen molar-refractivity contribution in [3.8, 4) is 0 Å². The predicted molar refractivity (Wildman–Crippen MR) is 170 cm³/mol. The summed E-state index contributed by atoms with van der Waals surface area (Å²) < 4.78 is 26.5. The third kappa shape index (κ3) is 8.69. The Morgan fingerprint density at radius 3 is 2.37 bits per heavy atom. The quantitative estimate of drug-likeness (QED) is 0.138. The molecule has 1 N–H and O–H groups in total. The number of cyclic esters (lactones) is 1. The van der Waals surface area contributed by atoms with Gasteiger partial charge in [0, 0.05) is 24.5 Å². The summed E-state index contributed by atoms with van der Waals surface area (Å²) in [6, 6.07) is 9.59. The zero-order valence-corrected chi connectivity index (χ0v) is 28.2. The molecule has 11 heteroatoms. The molecule has 2 heterocycles. The van der Waals surface area contributed by atoms with Gasteiger partial charge in [0.1, 0.15) is 12.2 Å². The minimum Gasteiger partial charge on any atom is -0.446 e. The molecule has 2 bridgehead atoms. The Morgan fingerprint density at radius 1 is 1.12 bits per heavy atom. The van der Waals surface area contributed by atoms with E-state index in [1.165, 1.54) is 13.8 Å². The fourth-order valence-electron chi connectivity index (χ4n) is 6.34. The van der Waals surface area contributed by atoms with Crippen LogP contribution in [0.1, 0.15) is 79.7 Å². The lowest BCUT2D eigenvalue weighted by Crippen LogP contribution is -2.53. The summed E-state index contributed by atoms with van der Waals surface area (Å²) in [5.41, 5.74) is -3.52. The molecule has 0 saturated carbocycles. The Hall–Kier alpha value is -2.25. The van der Waals surface area contributed by atoms with E-state index in [1.54, 1.807) is 29.5 Å². The van der Waals surface area contributed by atoms with Crippen LogP contribution >= 0.6 is 22.6 Å². The molecule has 8 atom stereocenters. The van der Waals surface area contributed by atoms with E-state index >= 15 is 4.39 Å². The smallest absolute Gasteiger partial charge is 0.352 e. The summed E-state index contributed by atoms with van der Waals surface area (Å²) in [6.07, 6.45) is 1.13. The number of aliphatic imine (C=N–C) groups is 1. The van der Waals surface area contributed by atoms with Gasteiger partial charge in [0.2, 0.25) is 5.91 Å². The van der Waals surface area contributed by atoms with Crippen LogP contribution in [0.15, 0.2) is 40.5 Å². The van der Waals surface area contributed by atoms with Crippen LogP contribution in [0.25, 0.3) is 0 Å². The highest BCUT2D eigenvalue weighted by molar-refractivity contribution is 14.1. The molecule has 43 heavy (non-hydrogen) atoms. The number of halogens is 2. The number of rotatable bonds is 3. The van der Waals surface area contributed by atoms with Crippen molar-refractivity contribution in [3.05, 3.63) is 35.9 Å². The molecule has 2 aliphatic heterocycles. The van der Waals surface area contributed by atoms with Crippen LogP contribution in [-0.4, -0.2) is 61.8 Å². The van der Waals surface area contributed by atoms with Gasteiger partial charge in [0.25, 0.3) is 5.67 Å². The van der Waals surface area contributed by atoms with Crippen LogP contribution in [0.5, 0.6) is 0 Å². The van der Waals surface area contributed by atoms with Crippen LogP contribution in [0.4, 0.5) is 4.39 Å². The van der Waals surface area contributed by atoms with Crippen molar-refractivity contribution in [1.29, 1.82) is 0 Å². The lowest BCUT2D eigenvalue weighted by atomic mass is 9.71. The molecule has 0 unspecified atom stereocenters. The van der Waals surface area contributed by atoms with Gasteiger partial charge >= 0.3 is 5.97 Å². The van der Waals surface area contributed by atoms with Crippen molar-refractivity contribution in [2.24, 2.45) is 33.8 Å². The van der Waals surface area contributed by atoms with E-state index in [4.69, 9.17) is 14.3 Å². The highest BCUT2D eigenvalue weighted by Gasteiger charge is 2.52. The largest absolute Gasteiger partial charge is 0.446 e. The second-order valence-corrected chi connectivity index (χ2v) is 13.8. The van der Waals surface area contributed by atoms with Gasteiger partial charge in [-0.2, -0.15) is 0 Å². The minimum atomic E-state index is -2.92. The monoisotopic (exact) mass is 714 g/mol. The zero-order chi connectivity index (χ0) is 32.2. The topological polar surface area (TPSA) is 124 Å². The molecule has 0 radical (unpaired) electrons. The van der Waals surface area contributed by atoms with Crippen molar-refractivity contribution in [3.63, 3.8) is 0 Å². The molecular formula is C32H44FIN2O7. The number of alkyl halides is 2. The maximum absolute atomic E-state index is 15.8. The van der Waals surface area contributed by atoms with Gasteiger partial charge in [-0.05, 0) is 86.4 Å². The van der Waals surface area contributed by atoms with Gasteiger partial charge in [-0.3, -0.25) is 9.59 Å². The molecule has 2 saturated heterocycles. The molecule has 3 rings (SSSR count). The summed E-state index contributed by atoms with van der Waals surface area (Å²) in [7, 11) is 0. The van der Waals surface area contributed by atoms with E-state index in [0.717, 1.165) is 12.5 Å². The van der Waals surface area contributed by atoms with E-state index < -0.39 is 50.5 Å². The van der Waals surface area contributed by atoms with E-state index in [1.807, 2.05) is 51.1 Å². The van der Waals surface area contributed by atoms with Crippen molar-refractivity contribution in [2.75, 3.05) is 6.61 Å². The highest BCUT2D eigenvalue weighted by Crippen LogP contribution is 2.42. The molecule has 0 aromatic heterocycles. The van der Waals surface area contributed by atoms with Gasteiger partial charge < -0.3 is 19.4 Å². The molecule has 1 amide bonds. The molecule has 238 valence electrons. The number of carbonyl (C=O) groups excluding carboxylic acids is 3. The number of benzene rings is 1. The number of hydrogen-bond donors (Lipinski definition) is 1. The van der Waals surface area contributed by atoms with Crippen molar-refractivity contribution in [1.82, 2.24) is 0 Å². The molecular weight excluding hydrogens is 670 g/mol. The predicted octanol–water partition coefficient (Wildman–Crippen LogP) is 5.79. The first-order valence-corrected chi connectivity index (χ1v) is 16.0. The van der Waals surface area contributed by atoms with Crippen LogP contribution in [-0.2, 0) is 35.3 Å². The van der Waals surface area contributed by atoms with Gasteiger partial charge in [-0.15, -0.1) is 0 Å². The number of ether oxygens (including phenoxy) is 2. The fourth-order valence-corrected chi connectivity index (χ4v) is 7.04. The van der Waals surface area contributed by atoms with E-state index in [9.17, 15) is 19.5 Å². The lowest BCUT2D eigenvalue weighted by Gasteiger charge is -2.42. The number of nitrogens with zero attached hydrogens (tertiary/aromatic N) is 2. The molecule has 9 nitrogen and oxygen atoms in total. The molecule has 2 aliphatic rings. The number of hydrogen-bond acceptors (Lipinski definition) is 8. The number of esters is 1. The maximum atomic E-state index is 15.8. The molecule has 0 aliphatic carbocycles. The molecule has 2 fully saturated rings. The average Bonchev–Trinajstić information content (AvgIpc) is 2.94. The number of Topliss-reactive ketones (excluding diaryl/α,β-unsaturated/α-hetero) is 1. The van der Waals surface area contributed by atoms with Crippen LogP contribution < -0.4 is 0 Å². The number of carbonyl (C=O) groups is 3. The molecule has 0 spiro atoms. The summed E-state index contributed by atoms with van der Waals surface area (Å²) in [6.45, 7) is 11.3. The number of amides is 1. The number of oxime groups is 1. The summed E-state index contributed by atoms with van der Waals surface area (Å²) in [5.74, 6) is -4.95. The fraction of sp³-hybridized carbons (Fsp3) is 0.656. The SMILES string of the molecule is CC(=O)N=C1[C@H](C)C[C@]2(C)C[C@@H](C)C(=O)[C@](C)(F)C(=O)O[C@H](I)[C@@](C)(O)[C@H](CC/C(=N\OCc3ccccc3)CO2)[C@H]1C. The zero-order valence-electron chi connectivity index (χ0n) is 26.1. The first kappa shape index (κ1) is 35.2.